The molecule has 0 spiro atoms. The molecule has 0 atom stereocenters. The van der Waals surface area contributed by atoms with Gasteiger partial charge in [0.1, 0.15) is 12.2 Å². The van der Waals surface area contributed by atoms with E-state index in [0.29, 0.717) is 10.0 Å². The first-order valence-electron chi connectivity index (χ1n) is 4.03. The van der Waals surface area contributed by atoms with Gasteiger partial charge in [0.25, 0.3) is 0 Å². The van der Waals surface area contributed by atoms with E-state index < -0.39 is 5.97 Å². The highest BCUT2D eigenvalue weighted by atomic mass is 35.5. The molecule has 15 heavy (non-hydrogen) atoms. The van der Waals surface area contributed by atoms with Crippen LogP contribution in [0.1, 0.15) is 0 Å². The number of carbonyl (C=O) groups is 1. The number of halogens is 1. The van der Waals surface area contributed by atoms with Gasteiger partial charge in [-0.2, -0.15) is 0 Å². The van der Waals surface area contributed by atoms with E-state index >= 15 is 0 Å². The van der Waals surface area contributed by atoms with E-state index in [0.717, 1.165) is 4.88 Å². The van der Waals surface area contributed by atoms with E-state index in [4.69, 9.17) is 16.7 Å². The van der Waals surface area contributed by atoms with Gasteiger partial charge >= 0.3 is 5.97 Å². The Kier molecular flexibility index (Phi) is 2.70. The predicted octanol–water partition coefficient (Wildman–Crippen LogP) is 1.74. The predicted molar refractivity (Wildman–Crippen MR) is 56.0 cm³/mol. The van der Waals surface area contributed by atoms with Crippen LogP contribution < -0.4 is 0 Å². The third-order valence-corrected chi connectivity index (χ3v) is 2.92. The van der Waals surface area contributed by atoms with Crippen molar-refractivity contribution >= 4 is 28.9 Å². The molecular weight excluding hydrogens is 238 g/mol. The Labute approximate surface area is 93.9 Å². The molecule has 5 nitrogen and oxygen atoms in total. The molecule has 2 aromatic rings. The number of hydrogen-bond acceptors (Lipinski definition) is 4. The van der Waals surface area contributed by atoms with Crippen LogP contribution in [0.3, 0.4) is 0 Å². The molecule has 2 aromatic heterocycles. The molecule has 1 N–H and O–H groups in total. The molecule has 0 amide bonds. The van der Waals surface area contributed by atoms with Crippen LogP contribution in [-0.4, -0.2) is 26.1 Å². The molecule has 0 aliphatic rings. The number of carboxylic acid groups (broad SMARTS) is 1. The summed E-state index contributed by atoms with van der Waals surface area (Å²) in [7, 11) is 0. The van der Waals surface area contributed by atoms with Gasteiger partial charge in [-0.3, -0.25) is 4.79 Å². The number of carboxylic acids is 1. The molecule has 78 valence electrons. The van der Waals surface area contributed by atoms with Gasteiger partial charge in [0, 0.05) is 0 Å². The first-order valence-corrected chi connectivity index (χ1v) is 5.22. The Morgan fingerprint density at radius 3 is 3.00 bits per heavy atom. The zero-order valence-corrected chi connectivity index (χ0v) is 8.99. The molecule has 2 heterocycles. The second-order valence-electron chi connectivity index (χ2n) is 2.80. The van der Waals surface area contributed by atoms with Crippen molar-refractivity contribution in [2.75, 3.05) is 0 Å². The standard InChI is InChI=1S/C8H6ClN3O2S/c9-7-2-1-6(15-7)5-3-12(11-10-5)4-8(13)14/h1-3H,4H2,(H,13,14). The molecule has 2 rings (SSSR count). The van der Waals surface area contributed by atoms with Crippen LogP contribution in [0.2, 0.25) is 4.34 Å². The number of aromatic nitrogens is 3. The van der Waals surface area contributed by atoms with Crippen LogP contribution >= 0.6 is 22.9 Å². The fourth-order valence-electron chi connectivity index (χ4n) is 1.08. The van der Waals surface area contributed by atoms with E-state index in [1.54, 1.807) is 12.3 Å². The van der Waals surface area contributed by atoms with Gasteiger partial charge in [-0.1, -0.05) is 16.8 Å². The summed E-state index contributed by atoms with van der Waals surface area (Å²) in [6.45, 7) is -0.188. The van der Waals surface area contributed by atoms with Crippen molar-refractivity contribution in [3.05, 3.63) is 22.7 Å². The largest absolute Gasteiger partial charge is 0.480 e. The topological polar surface area (TPSA) is 68.0 Å². The minimum absolute atomic E-state index is 0.188. The maximum atomic E-state index is 10.4. The zero-order valence-electron chi connectivity index (χ0n) is 7.42. The quantitative estimate of drug-likeness (QED) is 0.892. The van der Waals surface area contributed by atoms with Crippen molar-refractivity contribution in [1.29, 1.82) is 0 Å². The average molecular weight is 244 g/mol. The Bertz CT molecular complexity index is 494. The van der Waals surface area contributed by atoms with Crippen LogP contribution in [0.5, 0.6) is 0 Å². The number of nitrogens with zero attached hydrogens (tertiary/aromatic N) is 3. The van der Waals surface area contributed by atoms with Crippen molar-refractivity contribution < 1.29 is 9.90 Å². The number of aliphatic carboxylic acids is 1. The van der Waals surface area contributed by atoms with Gasteiger partial charge in [0.2, 0.25) is 0 Å². The molecule has 0 saturated carbocycles. The Hall–Kier alpha value is -1.40. The van der Waals surface area contributed by atoms with Crippen LogP contribution in [0.4, 0.5) is 0 Å². The molecule has 0 aliphatic heterocycles. The molecule has 0 saturated heterocycles. The summed E-state index contributed by atoms with van der Waals surface area (Å²) in [5.74, 6) is -0.948. The van der Waals surface area contributed by atoms with Gasteiger partial charge in [-0.25, -0.2) is 4.68 Å². The highest BCUT2D eigenvalue weighted by Gasteiger charge is 2.08. The summed E-state index contributed by atoms with van der Waals surface area (Å²) in [6.07, 6.45) is 1.58. The summed E-state index contributed by atoms with van der Waals surface area (Å²) in [4.78, 5) is 11.3. The van der Waals surface area contributed by atoms with Crippen LogP contribution in [0.15, 0.2) is 18.3 Å². The minimum atomic E-state index is -0.948. The summed E-state index contributed by atoms with van der Waals surface area (Å²) >= 11 is 7.15. The van der Waals surface area contributed by atoms with Gasteiger partial charge in [-0.15, -0.1) is 16.4 Å². The Balaban J connectivity index is 2.23. The second-order valence-corrected chi connectivity index (χ2v) is 4.51. The molecule has 0 radical (unpaired) electrons. The summed E-state index contributed by atoms with van der Waals surface area (Å²) in [6, 6.07) is 3.58. The van der Waals surface area contributed by atoms with E-state index in [9.17, 15) is 4.79 Å². The lowest BCUT2D eigenvalue weighted by atomic mass is 10.4. The maximum absolute atomic E-state index is 10.4. The number of rotatable bonds is 3. The van der Waals surface area contributed by atoms with Gasteiger partial charge < -0.3 is 5.11 Å². The molecule has 0 bridgehead atoms. The monoisotopic (exact) mass is 243 g/mol. The number of thiophene rings is 1. The molecule has 0 unspecified atom stereocenters. The molecule has 0 aliphatic carbocycles. The van der Waals surface area contributed by atoms with Gasteiger partial charge in [0.15, 0.2) is 0 Å². The maximum Gasteiger partial charge on any atom is 0.325 e. The number of hydrogen-bond donors (Lipinski definition) is 1. The average Bonchev–Trinajstić information content (AvgIpc) is 2.72. The van der Waals surface area contributed by atoms with E-state index in [1.165, 1.54) is 16.0 Å². The zero-order chi connectivity index (χ0) is 10.8. The van der Waals surface area contributed by atoms with E-state index in [2.05, 4.69) is 10.3 Å². The summed E-state index contributed by atoms with van der Waals surface area (Å²) in [5, 5.41) is 16.1. The molecular formula is C8H6ClN3O2S. The fourth-order valence-corrected chi connectivity index (χ4v) is 2.07. The third kappa shape index (κ3) is 2.34. The van der Waals surface area contributed by atoms with Gasteiger partial charge in [-0.05, 0) is 12.1 Å². The first-order chi connectivity index (χ1) is 7.15. The summed E-state index contributed by atoms with van der Waals surface area (Å²) in [5.41, 5.74) is 0.633. The lowest BCUT2D eigenvalue weighted by Gasteiger charge is -1.90. The van der Waals surface area contributed by atoms with Crippen molar-refractivity contribution in [3.8, 4) is 10.6 Å². The second kappa shape index (κ2) is 4.00. The first kappa shape index (κ1) is 10.1. The molecule has 0 aromatic carbocycles. The van der Waals surface area contributed by atoms with Crippen molar-refractivity contribution in [3.63, 3.8) is 0 Å². The van der Waals surface area contributed by atoms with Crippen molar-refractivity contribution in [1.82, 2.24) is 15.0 Å². The van der Waals surface area contributed by atoms with Crippen molar-refractivity contribution in [2.45, 2.75) is 6.54 Å². The highest BCUT2D eigenvalue weighted by molar-refractivity contribution is 7.19. The van der Waals surface area contributed by atoms with Crippen LogP contribution in [0, 0.1) is 0 Å². The van der Waals surface area contributed by atoms with E-state index in [-0.39, 0.29) is 6.54 Å². The molecule has 0 fully saturated rings. The van der Waals surface area contributed by atoms with Crippen LogP contribution in [0.25, 0.3) is 10.6 Å². The van der Waals surface area contributed by atoms with Gasteiger partial charge in [0.05, 0.1) is 15.4 Å². The lowest BCUT2D eigenvalue weighted by Crippen LogP contribution is -2.08. The SMILES string of the molecule is O=C(O)Cn1cc(-c2ccc(Cl)s2)nn1. The Morgan fingerprint density at radius 1 is 1.60 bits per heavy atom. The van der Waals surface area contributed by atoms with Crippen LogP contribution in [-0.2, 0) is 11.3 Å². The Morgan fingerprint density at radius 2 is 2.40 bits per heavy atom. The molecule has 7 heteroatoms. The minimum Gasteiger partial charge on any atom is -0.480 e. The summed E-state index contributed by atoms with van der Waals surface area (Å²) < 4.78 is 1.93. The smallest absolute Gasteiger partial charge is 0.325 e. The normalized spacial score (nSPS) is 10.5. The van der Waals surface area contributed by atoms with E-state index in [1.807, 2.05) is 6.07 Å². The van der Waals surface area contributed by atoms with Crippen molar-refractivity contribution in [2.24, 2.45) is 0 Å². The lowest BCUT2D eigenvalue weighted by molar-refractivity contribution is -0.137. The third-order valence-electron chi connectivity index (χ3n) is 1.66. The highest BCUT2D eigenvalue weighted by Crippen LogP contribution is 2.29. The fraction of sp³-hybridized carbons (Fsp3) is 0.125.